The van der Waals surface area contributed by atoms with Gasteiger partial charge in [0.15, 0.2) is 5.78 Å². The van der Waals surface area contributed by atoms with Crippen LogP contribution in [0.5, 0.6) is 0 Å². The number of hydrogen-bond donors (Lipinski definition) is 1. The quantitative estimate of drug-likeness (QED) is 0.528. The molecule has 0 radical (unpaired) electrons. The normalized spacial score (nSPS) is 14.1. The maximum Gasteiger partial charge on any atom is 0.253 e. The third-order valence-corrected chi connectivity index (χ3v) is 5.98. The molecule has 3 aromatic rings. The predicted molar refractivity (Wildman–Crippen MR) is 125 cm³/mol. The molecule has 7 heteroatoms. The Morgan fingerprint density at radius 2 is 1.58 bits per heavy atom. The van der Waals surface area contributed by atoms with Crippen LogP contribution in [0.25, 0.3) is 0 Å². The number of nitrogens with one attached hydrogen (secondary N) is 1. The Hall–Kier alpha value is -3.51. The van der Waals surface area contributed by atoms with Gasteiger partial charge in [0.05, 0.1) is 5.69 Å². The van der Waals surface area contributed by atoms with Gasteiger partial charge in [-0.2, -0.15) is 0 Å². The summed E-state index contributed by atoms with van der Waals surface area (Å²) in [6, 6.07) is 19.2. The SMILES string of the molecule is O=C(c1ccccc1)c1cc(Cl)ccc1NC(=O)C1CCN(C(=O)c2cccc(F)c2)CC1. The van der Waals surface area contributed by atoms with E-state index in [1.54, 1.807) is 53.4 Å². The lowest BCUT2D eigenvalue weighted by molar-refractivity contribution is -0.121. The van der Waals surface area contributed by atoms with E-state index in [1.165, 1.54) is 18.2 Å². The number of ketones is 1. The molecule has 0 spiro atoms. The molecule has 168 valence electrons. The number of hydrogen-bond acceptors (Lipinski definition) is 3. The number of benzene rings is 3. The van der Waals surface area contributed by atoms with Crippen LogP contribution in [0.4, 0.5) is 10.1 Å². The first-order valence-corrected chi connectivity index (χ1v) is 11.0. The van der Waals surface area contributed by atoms with Crippen LogP contribution in [0, 0.1) is 11.7 Å². The summed E-state index contributed by atoms with van der Waals surface area (Å²) in [6.07, 6.45) is 0.949. The van der Waals surface area contributed by atoms with Crippen molar-refractivity contribution in [3.8, 4) is 0 Å². The largest absolute Gasteiger partial charge is 0.339 e. The average molecular weight is 465 g/mol. The second kappa shape index (κ2) is 9.96. The van der Waals surface area contributed by atoms with Crippen molar-refractivity contribution in [1.29, 1.82) is 0 Å². The third-order valence-electron chi connectivity index (χ3n) is 5.74. The van der Waals surface area contributed by atoms with Gasteiger partial charge in [-0.1, -0.05) is 48.0 Å². The molecule has 0 saturated carbocycles. The molecule has 2 amide bonds. The highest BCUT2D eigenvalue weighted by Gasteiger charge is 2.29. The number of nitrogens with zero attached hydrogens (tertiary/aromatic N) is 1. The summed E-state index contributed by atoms with van der Waals surface area (Å²) >= 11 is 6.11. The molecule has 0 aromatic heterocycles. The molecule has 3 aromatic carbocycles. The summed E-state index contributed by atoms with van der Waals surface area (Å²) in [5.41, 5.74) is 1.51. The molecule has 1 aliphatic heterocycles. The van der Waals surface area contributed by atoms with Gasteiger partial charge >= 0.3 is 0 Å². The number of amides is 2. The fourth-order valence-electron chi connectivity index (χ4n) is 3.94. The van der Waals surface area contributed by atoms with Crippen molar-refractivity contribution in [1.82, 2.24) is 4.90 Å². The van der Waals surface area contributed by atoms with Gasteiger partial charge in [0, 0.05) is 40.7 Å². The number of carbonyl (C=O) groups is 3. The first kappa shape index (κ1) is 22.7. The smallest absolute Gasteiger partial charge is 0.253 e. The Bertz CT molecular complexity index is 1190. The minimum absolute atomic E-state index is 0.211. The van der Waals surface area contributed by atoms with E-state index in [2.05, 4.69) is 5.32 Å². The Kier molecular flexibility index (Phi) is 6.84. The van der Waals surface area contributed by atoms with Crippen molar-refractivity contribution in [2.75, 3.05) is 18.4 Å². The lowest BCUT2D eigenvalue weighted by Crippen LogP contribution is -2.41. The number of rotatable bonds is 5. The van der Waals surface area contributed by atoms with Crippen molar-refractivity contribution >= 4 is 34.9 Å². The molecule has 5 nitrogen and oxygen atoms in total. The van der Waals surface area contributed by atoms with Crippen LogP contribution in [0.1, 0.15) is 39.1 Å². The molecule has 0 bridgehead atoms. The topological polar surface area (TPSA) is 66.5 Å². The van der Waals surface area contributed by atoms with Crippen molar-refractivity contribution < 1.29 is 18.8 Å². The maximum atomic E-state index is 13.4. The summed E-state index contributed by atoms with van der Waals surface area (Å²) < 4.78 is 13.4. The zero-order chi connectivity index (χ0) is 23.4. The van der Waals surface area contributed by atoms with Crippen molar-refractivity contribution in [3.05, 3.63) is 100 Å². The van der Waals surface area contributed by atoms with Crippen molar-refractivity contribution in [2.24, 2.45) is 5.92 Å². The van der Waals surface area contributed by atoms with E-state index in [0.29, 0.717) is 53.3 Å². The van der Waals surface area contributed by atoms with Crippen LogP contribution in [-0.4, -0.2) is 35.6 Å². The van der Waals surface area contributed by atoms with Crippen LogP contribution in [0.2, 0.25) is 5.02 Å². The van der Waals surface area contributed by atoms with E-state index in [9.17, 15) is 18.8 Å². The maximum absolute atomic E-state index is 13.4. The first-order valence-electron chi connectivity index (χ1n) is 10.7. The highest BCUT2D eigenvalue weighted by atomic mass is 35.5. The van der Waals surface area contributed by atoms with Gasteiger partial charge in [-0.25, -0.2) is 4.39 Å². The van der Waals surface area contributed by atoms with Crippen molar-refractivity contribution in [3.63, 3.8) is 0 Å². The van der Waals surface area contributed by atoms with Crippen molar-refractivity contribution in [2.45, 2.75) is 12.8 Å². The summed E-state index contributed by atoms with van der Waals surface area (Å²) in [5.74, 6) is -1.46. The number of likely N-dealkylation sites (tertiary alicyclic amines) is 1. The highest BCUT2D eigenvalue weighted by Crippen LogP contribution is 2.26. The summed E-state index contributed by atoms with van der Waals surface area (Å²) in [6.45, 7) is 0.785. The monoisotopic (exact) mass is 464 g/mol. The minimum atomic E-state index is -0.459. The zero-order valence-corrected chi connectivity index (χ0v) is 18.5. The summed E-state index contributed by atoms with van der Waals surface area (Å²) in [4.78, 5) is 40.2. The Morgan fingerprint density at radius 3 is 2.27 bits per heavy atom. The molecule has 1 N–H and O–H groups in total. The van der Waals surface area contributed by atoms with Crippen LogP contribution in [-0.2, 0) is 4.79 Å². The number of piperidine rings is 1. The molecule has 1 fully saturated rings. The molecule has 1 saturated heterocycles. The zero-order valence-electron chi connectivity index (χ0n) is 17.8. The molecule has 0 atom stereocenters. The Labute approximate surface area is 196 Å². The second-order valence-electron chi connectivity index (χ2n) is 7.95. The van der Waals surface area contributed by atoms with Gasteiger partial charge in [-0.3, -0.25) is 14.4 Å². The van der Waals surface area contributed by atoms with E-state index < -0.39 is 5.82 Å². The third kappa shape index (κ3) is 5.29. The summed E-state index contributed by atoms with van der Waals surface area (Å²) in [7, 11) is 0. The molecular formula is C26H22ClFN2O3. The molecular weight excluding hydrogens is 443 g/mol. The number of halogens is 2. The van der Waals surface area contributed by atoms with E-state index in [0.717, 1.165) is 0 Å². The standard InChI is InChI=1S/C26H22ClFN2O3/c27-20-9-10-23(22(16-20)24(31)17-5-2-1-3-6-17)29-25(32)18-11-13-30(14-12-18)26(33)19-7-4-8-21(28)15-19/h1-10,15-16,18H,11-14H2,(H,29,32). The van der Waals surface area contributed by atoms with E-state index in [-0.39, 0.29) is 23.5 Å². The van der Waals surface area contributed by atoms with Crippen LogP contribution >= 0.6 is 11.6 Å². The number of carbonyl (C=O) groups excluding carboxylic acids is 3. The van der Waals surface area contributed by atoms with E-state index >= 15 is 0 Å². The fraction of sp³-hybridized carbons (Fsp3) is 0.192. The average Bonchev–Trinajstić information content (AvgIpc) is 2.85. The summed E-state index contributed by atoms with van der Waals surface area (Å²) in [5, 5.41) is 3.27. The van der Waals surface area contributed by atoms with Gasteiger partial charge in [0.1, 0.15) is 5.82 Å². The minimum Gasteiger partial charge on any atom is -0.339 e. The van der Waals surface area contributed by atoms with Gasteiger partial charge in [-0.05, 0) is 49.2 Å². The van der Waals surface area contributed by atoms with E-state index in [4.69, 9.17) is 11.6 Å². The molecule has 4 rings (SSSR count). The highest BCUT2D eigenvalue weighted by molar-refractivity contribution is 6.31. The predicted octanol–water partition coefficient (Wildman–Crippen LogP) is 5.20. The number of anilines is 1. The van der Waals surface area contributed by atoms with Crippen LogP contribution < -0.4 is 5.32 Å². The molecule has 0 aliphatic carbocycles. The Morgan fingerprint density at radius 1 is 0.879 bits per heavy atom. The van der Waals surface area contributed by atoms with Gasteiger partial charge < -0.3 is 10.2 Å². The second-order valence-corrected chi connectivity index (χ2v) is 8.39. The molecule has 0 unspecified atom stereocenters. The molecule has 33 heavy (non-hydrogen) atoms. The van der Waals surface area contributed by atoms with E-state index in [1.807, 2.05) is 6.07 Å². The lowest BCUT2D eigenvalue weighted by atomic mass is 9.94. The lowest BCUT2D eigenvalue weighted by Gasteiger charge is -2.31. The van der Waals surface area contributed by atoms with Gasteiger partial charge in [0.2, 0.25) is 5.91 Å². The van der Waals surface area contributed by atoms with Crippen LogP contribution in [0.15, 0.2) is 72.8 Å². The molecule has 1 heterocycles. The first-order chi connectivity index (χ1) is 15.9. The fourth-order valence-corrected chi connectivity index (χ4v) is 4.11. The van der Waals surface area contributed by atoms with Gasteiger partial charge in [-0.15, -0.1) is 0 Å². The van der Waals surface area contributed by atoms with Gasteiger partial charge in [0.25, 0.3) is 5.91 Å². The Balaban J connectivity index is 1.42. The molecule has 1 aliphatic rings. The van der Waals surface area contributed by atoms with Crippen LogP contribution in [0.3, 0.4) is 0 Å².